The summed E-state index contributed by atoms with van der Waals surface area (Å²) in [6, 6.07) is 8.15. The van der Waals surface area contributed by atoms with Gasteiger partial charge < -0.3 is 5.11 Å². The van der Waals surface area contributed by atoms with E-state index < -0.39 is 5.60 Å². The van der Waals surface area contributed by atoms with E-state index in [-0.39, 0.29) is 0 Å². The van der Waals surface area contributed by atoms with E-state index in [1.807, 2.05) is 12.1 Å². The van der Waals surface area contributed by atoms with Gasteiger partial charge in [0.1, 0.15) is 0 Å². The van der Waals surface area contributed by atoms with Crippen molar-refractivity contribution in [2.24, 2.45) is 11.3 Å². The fourth-order valence-electron chi connectivity index (χ4n) is 3.21. The molecule has 1 fully saturated rings. The van der Waals surface area contributed by atoms with Crippen molar-refractivity contribution in [2.45, 2.75) is 58.5 Å². The molecular formula is C17H25BrO. The molecule has 1 N–H and O–H groups in total. The van der Waals surface area contributed by atoms with E-state index >= 15 is 0 Å². The lowest BCUT2D eigenvalue weighted by Crippen LogP contribution is -2.36. The van der Waals surface area contributed by atoms with E-state index in [0.717, 1.165) is 41.6 Å². The van der Waals surface area contributed by atoms with E-state index in [2.05, 4.69) is 48.8 Å². The summed E-state index contributed by atoms with van der Waals surface area (Å²) >= 11 is 3.45. The van der Waals surface area contributed by atoms with Crippen LogP contribution in [-0.4, -0.2) is 5.11 Å². The third kappa shape index (κ3) is 3.22. The summed E-state index contributed by atoms with van der Waals surface area (Å²) < 4.78 is 1.07. The first kappa shape index (κ1) is 15.1. The standard InChI is InChI=1S/C17H25BrO/c1-4-16(2,3)13-9-11-17(19,12-10-13)14-5-7-15(18)8-6-14/h5-8,13,19H,4,9-12H2,1-3H3. The zero-order valence-corrected chi connectivity index (χ0v) is 13.8. The SMILES string of the molecule is CCC(C)(C)C1CCC(O)(c2ccc(Br)cc2)CC1. The smallest absolute Gasteiger partial charge is 0.0896 e. The van der Waals surface area contributed by atoms with Gasteiger partial charge in [-0.2, -0.15) is 0 Å². The third-order valence-corrected chi connectivity index (χ3v) is 5.74. The van der Waals surface area contributed by atoms with Crippen LogP contribution in [0.5, 0.6) is 0 Å². The molecule has 1 saturated carbocycles. The Morgan fingerprint density at radius 1 is 1.21 bits per heavy atom. The third-order valence-electron chi connectivity index (χ3n) is 5.21. The van der Waals surface area contributed by atoms with Crippen LogP contribution in [0.25, 0.3) is 0 Å². The largest absolute Gasteiger partial charge is 0.385 e. The summed E-state index contributed by atoms with van der Waals surface area (Å²) in [4.78, 5) is 0. The Morgan fingerprint density at radius 3 is 2.21 bits per heavy atom. The van der Waals surface area contributed by atoms with Gasteiger partial charge in [0, 0.05) is 4.47 Å². The van der Waals surface area contributed by atoms with Crippen LogP contribution in [0, 0.1) is 11.3 Å². The second-order valence-electron chi connectivity index (χ2n) is 6.65. The average molecular weight is 325 g/mol. The molecule has 0 atom stereocenters. The zero-order chi connectivity index (χ0) is 14.1. The van der Waals surface area contributed by atoms with Gasteiger partial charge in [0.05, 0.1) is 5.60 Å². The normalized spacial score (nSPS) is 28.4. The van der Waals surface area contributed by atoms with Gasteiger partial charge >= 0.3 is 0 Å². The molecular weight excluding hydrogens is 300 g/mol. The first-order valence-electron chi connectivity index (χ1n) is 7.36. The van der Waals surface area contributed by atoms with Crippen molar-refractivity contribution in [1.29, 1.82) is 0 Å². The number of benzene rings is 1. The maximum atomic E-state index is 10.9. The van der Waals surface area contributed by atoms with Crippen LogP contribution in [0.1, 0.15) is 58.4 Å². The first-order chi connectivity index (χ1) is 8.87. The Hall–Kier alpha value is -0.340. The Kier molecular flexibility index (Phi) is 4.42. The average Bonchev–Trinajstić information content (AvgIpc) is 2.40. The molecule has 0 spiro atoms. The fraction of sp³-hybridized carbons (Fsp3) is 0.647. The van der Waals surface area contributed by atoms with E-state index in [4.69, 9.17) is 0 Å². The number of hydrogen-bond acceptors (Lipinski definition) is 1. The van der Waals surface area contributed by atoms with Gasteiger partial charge in [0.15, 0.2) is 0 Å². The molecule has 106 valence electrons. The van der Waals surface area contributed by atoms with Crippen molar-refractivity contribution in [3.63, 3.8) is 0 Å². The maximum Gasteiger partial charge on any atom is 0.0896 e. The van der Waals surface area contributed by atoms with Crippen LogP contribution in [0.15, 0.2) is 28.7 Å². The molecule has 1 aliphatic carbocycles. The Bertz CT molecular complexity index is 413. The highest BCUT2D eigenvalue weighted by molar-refractivity contribution is 9.10. The van der Waals surface area contributed by atoms with Gasteiger partial charge in [-0.05, 0) is 54.7 Å². The van der Waals surface area contributed by atoms with Gasteiger partial charge in [0.25, 0.3) is 0 Å². The van der Waals surface area contributed by atoms with E-state index in [9.17, 15) is 5.11 Å². The van der Waals surface area contributed by atoms with Gasteiger partial charge in [-0.3, -0.25) is 0 Å². The van der Waals surface area contributed by atoms with Crippen LogP contribution >= 0.6 is 15.9 Å². The molecule has 19 heavy (non-hydrogen) atoms. The summed E-state index contributed by atoms with van der Waals surface area (Å²) in [7, 11) is 0. The predicted molar refractivity (Wildman–Crippen MR) is 84.1 cm³/mol. The fourth-order valence-corrected chi connectivity index (χ4v) is 3.48. The molecule has 1 aliphatic rings. The summed E-state index contributed by atoms with van der Waals surface area (Å²) in [5.74, 6) is 0.744. The van der Waals surface area contributed by atoms with E-state index in [1.54, 1.807) is 0 Å². The van der Waals surface area contributed by atoms with Crippen LogP contribution in [0.4, 0.5) is 0 Å². The predicted octanol–water partition coefficient (Wildman–Crippen LogP) is 5.26. The molecule has 2 rings (SSSR count). The van der Waals surface area contributed by atoms with Crippen molar-refractivity contribution in [1.82, 2.24) is 0 Å². The van der Waals surface area contributed by atoms with Gasteiger partial charge in [-0.1, -0.05) is 55.3 Å². The lowest BCUT2D eigenvalue weighted by molar-refractivity contribution is -0.0328. The monoisotopic (exact) mass is 324 g/mol. The molecule has 1 aromatic rings. The van der Waals surface area contributed by atoms with Crippen molar-refractivity contribution < 1.29 is 5.11 Å². The summed E-state index contributed by atoms with van der Waals surface area (Å²) in [6.45, 7) is 7.00. The zero-order valence-electron chi connectivity index (χ0n) is 12.2. The second kappa shape index (κ2) is 5.57. The number of hydrogen-bond donors (Lipinski definition) is 1. The topological polar surface area (TPSA) is 20.2 Å². The second-order valence-corrected chi connectivity index (χ2v) is 7.57. The van der Waals surface area contributed by atoms with Gasteiger partial charge in [-0.15, -0.1) is 0 Å². The van der Waals surface area contributed by atoms with Crippen molar-refractivity contribution in [2.75, 3.05) is 0 Å². The quantitative estimate of drug-likeness (QED) is 0.803. The van der Waals surface area contributed by atoms with Crippen LogP contribution in [0.3, 0.4) is 0 Å². The number of halogens is 1. The Labute approximate surface area is 125 Å². The highest BCUT2D eigenvalue weighted by Gasteiger charge is 2.39. The minimum atomic E-state index is -0.610. The molecule has 0 aliphatic heterocycles. The van der Waals surface area contributed by atoms with Crippen LogP contribution < -0.4 is 0 Å². The van der Waals surface area contributed by atoms with E-state index in [0.29, 0.717) is 5.41 Å². The van der Waals surface area contributed by atoms with Crippen LogP contribution in [-0.2, 0) is 5.60 Å². The minimum Gasteiger partial charge on any atom is -0.385 e. The maximum absolute atomic E-state index is 10.9. The molecule has 1 aromatic carbocycles. The highest BCUT2D eigenvalue weighted by atomic mass is 79.9. The minimum absolute atomic E-state index is 0.404. The van der Waals surface area contributed by atoms with Gasteiger partial charge in [-0.25, -0.2) is 0 Å². The van der Waals surface area contributed by atoms with Gasteiger partial charge in [0.2, 0.25) is 0 Å². The first-order valence-corrected chi connectivity index (χ1v) is 8.15. The lowest BCUT2D eigenvalue weighted by atomic mass is 9.65. The molecule has 0 bridgehead atoms. The molecule has 0 aromatic heterocycles. The molecule has 2 heteroatoms. The summed E-state index contributed by atoms with van der Waals surface area (Å²) in [5, 5.41) is 10.9. The van der Waals surface area contributed by atoms with E-state index in [1.165, 1.54) is 6.42 Å². The molecule has 0 unspecified atom stereocenters. The number of aliphatic hydroxyl groups is 1. The van der Waals surface area contributed by atoms with Crippen molar-refractivity contribution >= 4 is 15.9 Å². The Morgan fingerprint density at radius 2 is 1.74 bits per heavy atom. The van der Waals surface area contributed by atoms with Crippen LogP contribution in [0.2, 0.25) is 0 Å². The summed E-state index contributed by atoms with van der Waals surface area (Å²) in [5.41, 5.74) is 0.866. The number of rotatable bonds is 3. The lowest BCUT2D eigenvalue weighted by Gasteiger charge is -2.42. The molecule has 0 amide bonds. The molecule has 0 saturated heterocycles. The molecule has 1 nitrogen and oxygen atoms in total. The Balaban J connectivity index is 2.08. The molecule has 0 heterocycles. The van der Waals surface area contributed by atoms with Crippen molar-refractivity contribution in [3.05, 3.63) is 34.3 Å². The highest BCUT2D eigenvalue weighted by Crippen LogP contribution is 2.46. The van der Waals surface area contributed by atoms with Crippen molar-refractivity contribution in [3.8, 4) is 0 Å². The summed E-state index contributed by atoms with van der Waals surface area (Å²) in [6.07, 6.45) is 5.26. The molecule has 0 radical (unpaired) electrons.